The minimum absolute atomic E-state index is 0.610. The normalized spacial score (nSPS) is 11.5. The molecule has 9 aromatic carbocycles. The van der Waals surface area contributed by atoms with Crippen LogP contribution in [0.1, 0.15) is 0 Å². The van der Waals surface area contributed by atoms with Crippen LogP contribution in [0.2, 0.25) is 0 Å². The Bertz CT molecular complexity index is 3630. The Labute approximate surface area is 362 Å². The van der Waals surface area contributed by atoms with Crippen LogP contribution in [0.15, 0.2) is 218 Å². The van der Waals surface area contributed by atoms with E-state index in [-0.39, 0.29) is 0 Å². The first kappa shape index (κ1) is 35.9. The topological polar surface area (TPSA) is 43.6 Å². The molecule has 3 heterocycles. The molecule has 0 N–H and O–H groups in total. The van der Waals surface area contributed by atoms with E-state index in [2.05, 4.69) is 205 Å². The van der Waals surface area contributed by atoms with Crippen molar-refractivity contribution >= 4 is 53.3 Å². The summed E-state index contributed by atoms with van der Waals surface area (Å²) < 4.78 is 4.98. The smallest absolute Gasteiger partial charge is 0.164 e. The Kier molecular flexibility index (Phi) is 8.65. The molecule has 12 rings (SSSR count). The SMILES string of the molecule is c1ccc(-c2ccc3c(c2)c2ccccc2n3-c2cc(-c3nc(-c4ccccc4)nc(-c4cccc(-c5ccc6c(c5)sc5ccccc56)c4)n3)ccc2-c2ccccc2)cc1. The zero-order valence-electron chi connectivity index (χ0n) is 33.5. The molecule has 4 nitrogen and oxygen atoms in total. The van der Waals surface area contributed by atoms with Gasteiger partial charge in [-0.25, -0.2) is 15.0 Å². The average molecular weight is 809 g/mol. The number of fused-ring (bicyclic) bond motifs is 6. The number of benzene rings is 9. The van der Waals surface area contributed by atoms with Gasteiger partial charge < -0.3 is 4.57 Å². The molecule has 0 aliphatic carbocycles. The number of aromatic nitrogens is 4. The average Bonchev–Trinajstić information content (AvgIpc) is 3.89. The molecule has 62 heavy (non-hydrogen) atoms. The molecule has 0 spiro atoms. The van der Waals surface area contributed by atoms with Gasteiger partial charge in [0.15, 0.2) is 17.5 Å². The van der Waals surface area contributed by atoms with Crippen molar-refractivity contribution in [3.05, 3.63) is 218 Å². The number of rotatable bonds is 7. The Hall–Kier alpha value is -7.99. The fraction of sp³-hybridized carbons (Fsp3) is 0. The van der Waals surface area contributed by atoms with Gasteiger partial charge in [0.05, 0.1) is 16.7 Å². The molecule has 0 atom stereocenters. The van der Waals surface area contributed by atoms with E-state index in [4.69, 9.17) is 15.0 Å². The summed E-state index contributed by atoms with van der Waals surface area (Å²) in [5, 5.41) is 4.99. The van der Waals surface area contributed by atoms with Crippen molar-refractivity contribution < 1.29 is 0 Å². The van der Waals surface area contributed by atoms with Gasteiger partial charge >= 0.3 is 0 Å². The van der Waals surface area contributed by atoms with E-state index in [1.54, 1.807) is 0 Å². The van der Waals surface area contributed by atoms with Crippen LogP contribution in [0.4, 0.5) is 0 Å². The van der Waals surface area contributed by atoms with E-state index >= 15 is 0 Å². The van der Waals surface area contributed by atoms with Crippen molar-refractivity contribution in [2.24, 2.45) is 0 Å². The number of hydrogen-bond acceptors (Lipinski definition) is 4. The second-order valence-electron chi connectivity index (χ2n) is 15.6. The quantitative estimate of drug-likeness (QED) is 0.161. The van der Waals surface area contributed by atoms with Gasteiger partial charge in [-0.1, -0.05) is 176 Å². The Morgan fingerprint density at radius 2 is 0.806 bits per heavy atom. The monoisotopic (exact) mass is 808 g/mol. The maximum Gasteiger partial charge on any atom is 0.164 e. The first-order valence-electron chi connectivity index (χ1n) is 20.8. The lowest BCUT2D eigenvalue weighted by atomic mass is 10.00. The van der Waals surface area contributed by atoms with E-state index in [0.717, 1.165) is 55.7 Å². The molecular weight excluding hydrogens is 773 g/mol. The van der Waals surface area contributed by atoms with Crippen LogP contribution >= 0.6 is 11.3 Å². The van der Waals surface area contributed by atoms with Gasteiger partial charge in [0.25, 0.3) is 0 Å². The summed E-state index contributed by atoms with van der Waals surface area (Å²) in [6.07, 6.45) is 0. The summed E-state index contributed by atoms with van der Waals surface area (Å²) in [5.41, 5.74) is 13.0. The third-order valence-corrected chi connectivity index (χ3v) is 13.0. The molecule has 0 aliphatic heterocycles. The maximum atomic E-state index is 5.28. The van der Waals surface area contributed by atoms with Crippen LogP contribution in [0.25, 0.3) is 115 Å². The second-order valence-corrected chi connectivity index (χ2v) is 16.7. The first-order chi connectivity index (χ1) is 30.7. The molecule has 0 fully saturated rings. The minimum atomic E-state index is 0.610. The summed E-state index contributed by atoms with van der Waals surface area (Å²) in [6, 6.07) is 77.6. The van der Waals surface area contributed by atoms with Crippen LogP contribution in [0, 0.1) is 0 Å². The molecule has 0 aliphatic rings. The second kappa shape index (κ2) is 14.9. The molecule has 290 valence electrons. The van der Waals surface area contributed by atoms with Gasteiger partial charge in [0.1, 0.15) is 0 Å². The van der Waals surface area contributed by atoms with Gasteiger partial charge in [-0.2, -0.15) is 0 Å². The molecule has 0 bridgehead atoms. The van der Waals surface area contributed by atoms with E-state index in [0.29, 0.717) is 17.5 Å². The Morgan fingerprint density at radius 1 is 0.290 bits per heavy atom. The van der Waals surface area contributed by atoms with Crippen LogP contribution in [0.3, 0.4) is 0 Å². The van der Waals surface area contributed by atoms with Gasteiger partial charge in [-0.15, -0.1) is 11.3 Å². The van der Waals surface area contributed by atoms with Crippen LogP contribution in [0.5, 0.6) is 0 Å². The highest BCUT2D eigenvalue weighted by Gasteiger charge is 2.20. The third-order valence-electron chi connectivity index (χ3n) is 11.9. The van der Waals surface area contributed by atoms with Gasteiger partial charge in [0, 0.05) is 53.2 Å². The molecule has 0 radical (unpaired) electrons. The largest absolute Gasteiger partial charge is 0.309 e. The lowest BCUT2D eigenvalue weighted by molar-refractivity contribution is 1.07. The van der Waals surface area contributed by atoms with E-state index in [1.165, 1.54) is 42.1 Å². The lowest BCUT2D eigenvalue weighted by Gasteiger charge is -2.16. The van der Waals surface area contributed by atoms with Crippen molar-refractivity contribution in [2.45, 2.75) is 0 Å². The van der Waals surface area contributed by atoms with Crippen LogP contribution < -0.4 is 0 Å². The van der Waals surface area contributed by atoms with Gasteiger partial charge in [0.2, 0.25) is 0 Å². The number of thiophene rings is 1. The van der Waals surface area contributed by atoms with E-state index in [9.17, 15) is 0 Å². The minimum Gasteiger partial charge on any atom is -0.309 e. The number of para-hydroxylation sites is 1. The fourth-order valence-corrected chi connectivity index (χ4v) is 10.00. The molecule has 0 saturated heterocycles. The Morgan fingerprint density at radius 3 is 1.58 bits per heavy atom. The zero-order valence-corrected chi connectivity index (χ0v) is 34.3. The third kappa shape index (κ3) is 6.26. The summed E-state index contributed by atoms with van der Waals surface area (Å²) in [5.74, 6) is 1.86. The standard InChI is InChI=1S/C57H36N4S/c1-4-15-37(16-5-1)41-29-32-51-49(34-41)46-23-10-12-25-50(46)61(51)52-35-44(28-30-45(52)38-17-6-2-7-18-38)57-59-55(39-19-8-3-9-20-39)58-56(60-57)43-22-14-21-40(33-43)42-27-31-48-47-24-11-13-26-53(47)62-54(48)36-42/h1-36H. The zero-order chi connectivity index (χ0) is 41.0. The summed E-state index contributed by atoms with van der Waals surface area (Å²) in [6.45, 7) is 0. The van der Waals surface area contributed by atoms with Crippen LogP contribution in [-0.4, -0.2) is 19.5 Å². The highest BCUT2D eigenvalue weighted by Crippen LogP contribution is 2.41. The predicted molar refractivity (Wildman–Crippen MR) is 260 cm³/mol. The van der Waals surface area contributed by atoms with Crippen molar-refractivity contribution in [1.82, 2.24) is 19.5 Å². The highest BCUT2D eigenvalue weighted by molar-refractivity contribution is 7.25. The van der Waals surface area contributed by atoms with Gasteiger partial charge in [-0.3, -0.25) is 0 Å². The molecule has 0 saturated carbocycles. The van der Waals surface area contributed by atoms with Crippen molar-refractivity contribution in [2.75, 3.05) is 0 Å². The van der Waals surface area contributed by atoms with E-state index < -0.39 is 0 Å². The van der Waals surface area contributed by atoms with Gasteiger partial charge in [-0.05, 0) is 70.3 Å². The Balaban J connectivity index is 1.04. The number of nitrogens with zero attached hydrogens (tertiary/aromatic N) is 4. The molecule has 3 aromatic heterocycles. The van der Waals surface area contributed by atoms with E-state index in [1.807, 2.05) is 29.5 Å². The highest BCUT2D eigenvalue weighted by atomic mass is 32.1. The molecule has 0 amide bonds. The number of hydrogen-bond donors (Lipinski definition) is 0. The fourth-order valence-electron chi connectivity index (χ4n) is 8.85. The van der Waals surface area contributed by atoms with Crippen molar-refractivity contribution in [3.63, 3.8) is 0 Å². The van der Waals surface area contributed by atoms with Crippen molar-refractivity contribution in [3.8, 4) is 73.2 Å². The summed E-state index contributed by atoms with van der Waals surface area (Å²) >= 11 is 1.84. The maximum absolute atomic E-state index is 5.28. The summed E-state index contributed by atoms with van der Waals surface area (Å²) in [4.78, 5) is 15.6. The molecule has 5 heteroatoms. The molecule has 0 unspecified atom stereocenters. The summed E-state index contributed by atoms with van der Waals surface area (Å²) in [7, 11) is 0. The first-order valence-corrected chi connectivity index (χ1v) is 21.7. The molecule has 12 aromatic rings. The predicted octanol–water partition coefficient (Wildman–Crippen LogP) is 15.3. The lowest BCUT2D eigenvalue weighted by Crippen LogP contribution is -2.02. The molecular formula is C57H36N4S. The van der Waals surface area contributed by atoms with Crippen LogP contribution in [-0.2, 0) is 0 Å². The van der Waals surface area contributed by atoms with Crippen molar-refractivity contribution in [1.29, 1.82) is 0 Å².